The number of aliphatic hydroxyl groups excluding tert-OH is 2. The SMILES string of the molecule is C/C1=C2/[N]([Co+][CH2][C@H]3O[C@@H](n4cnc5c(N)ncnc54)[C@H](O)[C@@H]3O)[C@H]([C@H](CC(N)=O)[C@@]2(C)CCC(=O)NC[C@@H](C)OP(=O)(O)O)[C@]2(C)N=C(/C(C)=C3N=C(/C=C4N=C1[C@@H](CCC(N)=O)C\4(C)C)[C@@H](CCC(N)=O)[C@]\3(C)CC(N)=O)[C@@H](CCC(N)=O)[C@]2(C)CC(N)=O. The maximum atomic E-state index is 14.3. The summed E-state index contributed by atoms with van der Waals surface area (Å²) in [6, 6.07) is -1.12. The summed E-state index contributed by atoms with van der Waals surface area (Å²) in [6.07, 6.45) is -4.02. The zero-order chi connectivity index (χ0) is 66.7. The number of phosphoric acid groups is 1. The van der Waals surface area contributed by atoms with Gasteiger partial charge in [0.2, 0.25) is 0 Å². The van der Waals surface area contributed by atoms with Gasteiger partial charge in [0.15, 0.2) is 0 Å². The number of hydrogen-bond donors (Lipinski definition) is 12. The monoisotopic (exact) mass is 1320 g/mol. The average Bonchev–Trinajstić information content (AvgIpc) is 1.52. The van der Waals surface area contributed by atoms with Crippen LogP contribution in [0.25, 0.3) is 11.2 Å². The van der Waals surface area contributed by atoms with Gasteiger partial charge >= 0.3 is 518 Å². The van der Waals surface area contributed by atoms with E-state index in [-0.39, 0.29) is 86.7 Å². The van der Waals surface area contributed by atoms with Crippen molar-refractivity contribution >= 4 is 83.3 Å². The van der Waals surface area contributed by atoms with Gasteiger partial charge in [-0.25, -0.2) is 0 Å². The van der Waals surface area contributed by atoms with E-state index in [1.54, 1.807) is 6.92 Å². The molecule has 7 amide bonds. The average molecular weight is 1320 g/mol. The Balaban J connectivity index is 1.48. The van der Waals surface area contributed by atoms with E-state index < -0.39 is 150 Å². The number of nitrogens with two attached hydrogens (primary N) is 7. The summed E-state index contributed by atoms with van der Waals surface area (Å²) in [5.74, 6) is -7.92. The van der Waals surface area contributed by atoms with Crippen LogP contribution in [0.1, 0.15) is 139 Å². The number of carbonyl (C=O) groups is 7. The first-order valence-electron chi connectivity index (χ1n) is 29.7. The number of anilines is 1. The van der Waals surface area contributed by atoms with Gasteiger partial charge < -0.3 is 5.73 Å². The summed E-state index contributed by atoms with van der Waals surface area (Å²) in [5, 5.41) is 26.6. The number of hydrogen-bond acceptors (Lipinski definition) is 20. The van der Waals surface area contributed by atoms with Gasteiger partial charge in [0.25, 0.3) is 0 Å². The minimum atomic E-state index is -4.97. The van der Waals surface area contributed by atoms with E-state index in [4.69, 9.17) is 64.4 Å². The van der Waals surface area contributed by atoms with Gasteiger partial charge in [-0.2, -0.15) is 0 Å². The van der Waals surface area contributed by atoms with Crippen LogP contribution < -0.4 is 45.5 Å². The third-order valence-corrected chi connectivity index (χ3v) is 21.9. The van der Waals surface area contributed by atoms with Crippen LogP contribution >= 0.6 is 7.82 Å². The zero-order valence-electron chi connectivity index (χ0n) is 52.0. The van der Waals surface area contributed by atoms with Crippen LogP contribution in [-0.4, -0.2) is 144 Å². The molecule has 2 saturated heterocycles. The molecule has 0 unspecified atom stereocenters. The van der Waals surface area contributed by atoms with E-state index in [9.17, 15) is 58.1 Å². The van der Waals surface area contributed by atoms with Crippen molar-refractivity contribution in [3.63, 3.8) is 0 Å². The van der Waals surface area contributed by atoms with Gasteiger partial charge in [0.05, 0.1) is 0 Å². The molecule has 494 valence electrons. The van der Waals surface area contributed by atoms with Crippen LogP contribution in [0.15, 0.2) is 61.9 Å². The molecule has 8 heterocycles. The van der Waals surface area contributed by atoms with Crippen LogP contribution in [-0.2, 0) is 62.3 Å². The standard InChI is InChI=1S/C48H74N11O11P.C10H12N5O3.Co/c1-23(70-71(67,68)69)22-55-38(66)16-17-45(6)29(18-35(52)63)43-48(9)47(8,21-37(54)65)28(12-15-34(51)62)40(59-48)25(3)42-46(7,20-36(53)64)26(10-13-32(49)60)30(56-42)19-31-44(4,5)27(11-14-33(50)61)39(57-31)24(2)41(45)58-43;1-4-6(16)7(17)10(18-4)15-3-14-5-8(11)12-2-13-9(5)15;/h19,23,26-29,43H,10-18,20-22H2,1-9H3,(H16,49,50,51,52,53,54,55,56,57,58,59,60,61,62,63,64,65,66,67,68,69);2-4,6-7,10,16-17H,1H2,(H2,11,12,13);/q;;+2/p-1/t23-,26-,27-,28-,29+,43-,45-,46+,47+,48+;4-,6-,7-,10-;/m11./s1. The van der Waals surface area contributed by atoms with E-state index in [2.05, 4.69) is 20.3 Å². The molecule has 2 fully saturated rings. The summed E-state index contributed by atoms with van der Waals surface area (Å²) < 4.78 is 26.6. The molecule has 30 nitrogen and oxygen atoms in total. The zero-order valence-corrected chi connectivity index (χ0v) is 53.9. The van der Waals surface area contributed by atoms with Crippen LogP contribution in [0.3, 0.4) is 0 Å². The molecule has 6 aliphatic heterocycles. The Bertz CT molecular complexity index is 3530. The molecule has 19 N–H and O–H groups in total. The summed E-state index contributed by atoms with van der Waals surface area (Å²) in [6.45, 7) is 15.8. The van der Waals surface area contributed by atoms with Crippen LogP contribution in [0.2, 0.25) is 5.36 Å². The molecule has 90 heavy (non-hydrogen) atoms. The topological polar surface area (TPSA) is 514 Å². The van der Waals surface area contributed by atoms with Crippen LogP contribution in [0.4, 0.5) is 5.82 Å². The van der Waals surface area contributed by atoms with Crippen molar-refractivity contribution in [1.82, 2.24) is 28.8 Å². The Hall–Kier alpha value is -6.83. The van der Waals surface area contributed by atoms with E-state index in [0.29, 0.717) is 60.3 Å². The number of primary amides is 6. The number of aliphatic imine (C=N–C) groups is 3. The number of phosphoric ester groups is 1. The van der Waals surface area contributed by atoms with Gasteiger partial charge in [0.1, 0.15) is 0 Å². The molecular formula is C58H85CoN16O14P+. The Kier molecular flexibility index (Phi) is 19.7. The summed E-state index contributed by atoms with van der Waals surface area (Å²) >= 11 is 0.363. The second-order valence-corrected chi connectivity index (χ2v) is 28.6. The number of nitrogens with zero attached hydrogens (tertiary/aromatic N) is 8. The number of rotatable bonds is 26. The van der Waals surface area contributed by atoms with Gasteiger partial charge in [0, 0.05) is 0 Å². The molecule has 32 heteroatoms. The fraction of sp³-hybridized carbons (Fsp3) is 0.638. The normalized spacial score (nSPS) is 33.8. The van der Waals surface area contributed by atoms with E-state index in [0.717, 1.165) is 0 Å². The second-order valence-electron chi connectivity index (χ2n) is 26.2. The Labute approximate surface area is 526 Å². The molecule has 2 aromatic heterocycles. The van der Waals surface area contributed by atoms with Crippen molar-refractivity contribution in [3.05, 3.63) is 47.0 Å². The third-order valence-electron chi connectivity index (χ3n) is 19.8. The first kappa shape index (κ1) is 69.1. The molecular weight excluding hydrogens is 1230 g/mol. The molecule has 6 aliphatic rings. The third kappa shape index (κ3) is 13.0. The van der Waals surface area contributed by atoms with Crippen molar-refractivity contribution in [1.29, 1.82) is 0 Å². The van der Waals surface area contributed by atoms with Crippen LogP contribution in [0.5, 0.6) is 0 Å². The molecule has 0 saturated carbocycles. The first-order valence-corrected chi connectivity index (χ1v) is 32.4. The number of ether oxygens (including phenoxy) is 1. The number of carbonyl (C=O) groups excluding carboxylic acids is 7. The number of nitrogens with one attached hydrogen (secondary N) is 1. The predicted molar refractivity (Wildman–Crippen MR) is 324 cm³/mol. The van der Waals surface area contributed by atoms with Gasteiger partial charge in [-0.1, -0.05) is 0 Å². The molecule has 2 aromatic rings. The fourth-order valence-corrected chi connectivity index (χ4v) is 17.7. The molecule has 0 aliphatic carbocycles. The number of aliphatic hydroxyl groups is 2. The Morgan fingerprint density at radius 3 is 1.97 bits per heavy atom. The van der Waals surface area contributed by atoms with Gasteiger partial charge in [-0.15, -0.1) is 0 Å². The van der Waals surface area contributed by atoms with E-state index >= 15 is 0 Å². The van der Waals surface area contributed by atoms with Crippen molar-refractivity contribution in [2.24, 2.45) is 94.7 Å². The molecule has 8 bridgehead atoms. The van der Waals surface area contributed by atoms with Gasteiger partial charge in [-0.3, -0.25) is 4.79 Å². The number of nitrogen functional groups attached to an aromatic ring is 1. The van der Waals surface area contributed by atoms with Crippen molar-refractivity contribution in [2.75, 3.05) is 12.3 Å². The molecule has 0 aromatic carbocycles. The van der Waals surface area contributed by atoms with Crippen molar-refractivity contribution < 1.29 is 82.3 Å². The van der Waals surface area contributed by atoms with E-state index in [1.165, 1.54) is 24.1 Å². The van der Waals surface area contributed by atoms with Crippen LogP contribution in [0, 0.1) is 45.3 Å². The predicted octanol–water partition coefficient (Wildman–Crippen LogP) is 1.02. The number of allylic oxidation sites excluding steroid dienone is 6. The number of fused-ring (bicyclic) bond motifs is 7. The number of amides is 7. The quantitative estimate of drug-likeness (QED) is 0.0585. The Morgan fingerprint density at radius 2 is 1.38 bits per heavy atom. The summed E-state index contributed by atoms with van der Waals surface area (Å²) in [5.41, 5.74) is 40.0. The summed E-state index contributed by atoms with van der Waals surface area (Å²) in [7, 11) is -4.97. The molecule has 14 atom stereocenters. The van der Waals surface area contributed by atoms with Gasteiger partial charge in [-0.05, 0) is 0 Å². The minimum absolute atomic E-state index is 0.0161. The number of aromatic nitrogens is 4. The molecule has 0 spiro atoms. The molecule has 0 radical (unpaired) electrons. The van der Waals surface area contributed by atoms with Crippen molar-refractivity contribution in [3.8, 4) is 0 Å². The maximum absolute atomic E-state index is 14.3. The summed E-state index contributed by atoms with van der Waals surface area (Å²) in [4.78, 5) is 144. The molecule has 8 rings (SSSR count). The second kappa shape index (κ2) is 25.7. The van der Waals surface area contributed by atoms with E-state index in [1.807, 2.05) is 58.5 Å². The Morgan fingerprint density at radius 1 is 0.767 bits per heavy atom. The van der Waals surface area contributed by atoms with Crippen molar-refractivity contribution in [2.45, 2.75) is 181 Å². The number of imidazole rings is 1. The first-order chi connectivity index (χ1) is 41.8. The fourth-order valence-electron chi connectivity index (χ4n) is 15.1.